The van der Waals surface area contributed by atoms with Crippen molar-refractivity contribution in [1.29, 1.82) is 0 Å². The summed E-state index contributed by atoms with van der Waals surface area (Å²) < 4.78 is 0. The highest BCUT2D eigenvalue weighted by Gasteiger charge is 2.68. The fraction of sp³-hybridized carbons (Fsp3) is 0.852. The first kappa shape index (κ1) is 20.0. The van der Waals surface area contributed by atoms with E-state index in [4.69, 9.17) is 0 Å². The molecule has 0 bridgehead atoms. The van der Waals surface area contributed by atoms with Crippen molar-refractivity contribution < 1.29 is 9.59 Å². The van der Waals surface area contributed by atoms with Crippen molar-refractivity contribution in [2.24, 2.45) is 51.2 Å². The summed E-state index contributed by atoms with van der Waals surface area (Å²) in [6, 6.07) is 0. The van der Waals surface area contributed by atoms with E-state index in [1.807, 2.05) is 0 Å². The first-order valence-corrected chi connectivity index (χ1v) is 12.2. The van der Waals surface area contributed by atoms with E-state index in [2.05, 4.69) is 47.6 Å². The molecule has 0 aromatic rings. The lowest BCUT2D eigenvalue weighted by Gasteiger charge is -2.63. The summed E-state index contributed by atoms with van der Waals surface area (Å²) >= 11 is 0. The van der Waals surface area contributed by atoms with Gasteiger partial charge in [0.2, 0.25) is 0 Å². The maximum Gasteiger partial charge on any atom is 0.138 e. The Balaban J connectivity index is 1.58. The van der Waals surface area contributed by atoms with E-state index in [9.17, 15) is 9.59 Å². The van der Waals surface area contributed by atoms with E-state index in [0.717, 1.165) is 32.1 Å². The second kappa shape index (κ2) is 5.86. The highest BCUT2D eigenvalue weighted by Crippen LogP contribution is 2.75. The van der Waals surface area contributed by atoms with E-state index in [1.54, 1.807) is 5.57 Å². The molecule has 0 heterocycles. The van der Waals surface area contributed by atoms with Crippen LogP contribution in [0.3, 0.4) is 0 Å². The molecule has 0 radical (unpaired) electrons. The van der Waals surface area contributed by atoms with Crippen molar-refractivity contribution in [3.05, 3.63) is 11.6 Å². The maximum absolute atomic E-state index is 12.8. The Morgan fingerprint density at radius 2 is 1.72 bits per heavy atom. The molecular formula is C27H40O2. The van der Waals surface area contributed by atoms with Crippen molar-refractivity contribution in [2.45, 2.75) is 92.9 Å². The molecule has 0 N–H and O–H groups in total. The zero-order valence-corrected chi connectivity index (χ0v) is 19.4. The highest BCUT2D eigenvalue weighted by molar-refractivity contribution is 5.85. The summed E-state index contributed by atoms with van der Waals surface area (Å²) in [4.78, 5) is 25.2. The van der Waals surface area contributed by atoms with Gasteiger partial charge in [-0.05, 0) is 77.9 Å². The molecule has 0 amide bonds. The topological polar surface area (TPSA) is 34.1 Å². The van der Waals surface area contributed by atoms with Gasteiger partial charge in [0.1, 0.15) is 11.6 Å². The number of fused-ring (bicyclic) bond motifs is 7. The lowest BCUT2D eigenvalue weighted by molar-refractivity contribution is -0.146. The van der Waals surface area contributed by atoms with Crippen LogP contribution in [0, 0.1) is 51.2 Å². The fourth-order valence-corrected chi connectivity index (χ4v) is 9.98. The fourth-order valence-electron chi connectivity index (χ4n) is 9.98. The van der Waals surface area contributed by atoms with Gasteiger partial charge in [0, 0.05) is 24.7 Å². The van der Waals surface area contributed by atoms with Crippen LogP contribution in [-0.4, -0.2) is 11.6 Å². The number of hydrogen-bond donors (Lipinski definition) is 0. The van der Waals surface area contributed by atoms with Gasteiger partial charge in [0.25, 0.3) is 0 Å². The van der Waals surface area contributed by atoms with E-state index >= 15 is 0 Å². The van der Waals surface area contributed by atoms with Gasteiger partial charge in [0.05, 0.1) is 0 Å². The van der Waals surface area contributed by atoms with E-state index in [-0.39, 0.29) is 16.2 Å². The first-order chi connectivity index (χ1) is 13.4. The van der Waals surface area contributed by atoms with Crippen molar-refractivity contribution in [1.82, 2.24) is 0 Å². The third-order valence-corrected chi connectivity index (χ3v) is 11.4. The van der Waals surface area contributed by atoms with Gasteiger partial charge in [-0.25, -0.2) is 0 Å². The van der Waals surface area contributed by atoms with Crippen LogP contribution in [0.5, 0.6) is 0 Å². The quantitative estimate of drug-likeness (QED) is 0.445. The number of carbonyl (C=O) groups excluding carboxylic acids is 2. The molecule has 0 aromatic carbocycles. The largest absolute Gasteiger partial charge is 0.300 e. The van der Waals surface area contributed by atoms with Gasteiger partial charge in [-0.15, -0.1) is 0 Å². The Hall–Kier alpha value is -0.920. The van der Waals surface area contributed by atoms with Gasteiger partial charge < -0.3 is 0 Å². The zero-order valence-electron chi connectivity index (χ0n) is 19.4. The van der Waals surface area contributed by atoms with E-state index < -0.39 is 0 Å². The summed E-state index contributed by atoms with van der Waals surface area (Å²) in [5.74, 6) is 3.88. The van der Waals surface area contributed by atoms with Crippen LogP contribution in [0.25, 0.3) is 0 Å². The van der Waals surface area contributed by atoms with E-state index in [1.165, 1.54) is 19.3 Å². The number of rotatable bonds is 0. The number of ketones is 2. The monoisotopic (exact) mass is 396 g/mol. The molecule has 2 nitrogen and oxygen atoms in total. The van der Waals surface area contributed by atoms with E-state index in [0.29, 0.717) is 46.6 Å². The third kappa shape index (κ3) is 2.30. The Bertz CT molecular complexity index is 805. The molecule has 2 heteroatoms. The molecule has 0 unspecified atom stereocenters. The van der Waals surface area contributed by atoms with Gasteiger partial charge in [-0.3, -0.25) is 9.59 Å². The number of hydrogen-bond acceptors (Lipinski definition) is 2. The molecule has 5 aliphatic carbocycles. The minimum Gasteiger partial charge on any atom is -0.300 e. The number of Topliss-reactive ketones (excluding diaryl/α,β-unsaturated/α-hetero) is 2. The predicted molar refractivity (Wildman–Crippen MR) is 116 cm³/mol. The molecule has 29 heavy (non-hydrogen) atoms. The Kier molecular flexibility index (Phi) is 4.04. The normalized spacial score (nSPS) is 53.4. The van der Waals surface area contributed by atoms with Crippen LogP contribution in [-0.2, 0) is 9.59 Å². The third-order valence-electron chi connectivity index (χ3n) is 11.4. The van der Waals surface area contributed by atoms with Gasteiger partial charge >= 0.3 is 0 Å². The molecule has 4 saturated carbocycles. The lowest BCUT2D eigenvalue weighted by Crippen LogP contribution is -2.57. The smallest absolute Gasteiger partial charge is 0.138 e. The van der Waals surface area contributed by atoms with Gasteiger partial charge in [-0.2, -0.15) is 0 Å². The van der Waals surface area contributed by atoms with Crippen molar-refractivity contribution in [3.8, 4) is 0 Å². The molecule has 5 rings (SSSR count). The van der Waals surface area contributed by atoms with Crippen LogP contribution < -0.4 is 0 Å². The van der Waals surface area contributed by atoms with Gasteiger partial charge in [-0.1, -0.05) is 53.2 Å². The van der Waals surface area contributed by atoms with Crippen LogP contribution in [0.4, 0.5) is 0 Å². The standard InChI is InChI=1S/C27H40O2/c1-16-13-18(28)14-17-15-27(6)20-7-8-21-24(2,3)22(29)10-11-25(21,4)19(20)9-12-26(27,5)23(16)17/h7,16-17,19,21,23H,8-15H2,1-6H3/t16-,17-,19-,21+,23+,25-,26-,27+/m1/s1. The number of allylic oxidation sites excluding steroid dienone is 2. The molecule has 160 valence electrons. The minimum atomic E-state index is -0.193. The summed E-state index contributed by atoms with van der Waals surface area (Å²) in [5, 5.41) is 0. The highest BCUT2D eigenvalue weighted by atomic mass is 16.1. The average Bonchev–Trinajstić information content (AvgIpc) is 2.86. The minimum absolute atomic E-state index is 0.193. The summed E-state index contributed by atoms with van der Waals surface area (Å²) in [7, 11) is 0. The molecular weight excluding hydrogens is 356 g/mol. The average molecular weight is 397 g/mol. The molecule has 0 aromatic heterocycles. The lowest BCUT2D eigenvalue weighted by atomic mass is 9.41. The molecule has 0 saturated heterocycles. The second-order valence-corrected chi connectivity index (χ2v) is 12.9. The van der Waals surface area contributed by atoms with Crippen molar-refractivity contribution in [2.75, 3.05) is 0 Å². The second-order valence-electron chi connectivity index (χ2n) is 12.9. The maximum atomic E-state index is 12.8. The summed E-state index contributed by atoms with van der Waals surface area (Å²) in [6.45, 7) is 14.4. The molecule has 5 aliphatic rings. The molecule has 8 atom stereocenters. The van der Waals surface area contributed by atoms with Gasteiger partial charge in [0.15, 0.2) is 0 Å². The molecule has 0 spiro atoms. The summed E-state index contributed by atoms with van der Waals surface area (Å²) in [5.41, 5.74) is 2.33. The SMILES string of the molecule is C[C@@H]1CC(=O)C[C@@H]2C[C@@]3(C)C4=CC[C@H]5C(C)(C)C(=O)CC[C@]5(C)[C@@H]4CC[C@]3(C)[C@H]21. The number of carbonyl (C=O) groups is 2. The Labute approximate surface area is 177 Å². The Morgan fingerprint density at radius 3 is 2.45 bits per heavy atom. The van der Waals surface area contributed by atoms with Crippen LogP contribution in [0.1, 0.15) is 92.9 Å². The van der Waals surface area contributed by atoms with Crippen LogP contribution in [0.2, 0.25) is 0 Å². The summed E-state index contributed by atoms with van der Waals surface area (Å²) in [6.07, 6.45) is 10.9. The zero-order chi connectivity index (χ0) is 21.0. The van der Waals surface area contributed by atoms with Crippen LogP contribution >= 0.6 is 0 Å². The van der Waals surface area contributed by atoms with Crippen molar-refractivity contribution in [3.63, 3.8) is 0 Å². The molecule has 0 aliphatic heterocycles. The molecule has 4 fully saturated rings. The Morgan fingerprint density at radius 1 is 1.00 bits per heavy atom. The first-order valence-electron chi connectivity index (χ1n) is 12.2. The van der Waals surface area contributed by atoms with Crippen molar-refractivity contribution >= 4 is 11.6 Å². The van der Waals surface area contributed by atoms with Crippen LogP contribution in [0.15, 0.2) is 11.6 Å². The predicted octanol–water partition coefficient (Wildman–Crippen LogP) is 6.39.